The van der Waals surface area contributed by atoms with Crippen molar-refractivity contribution in [2.24, 2.45) is 0 Å². The molecule has 1 amide bonds. The van der Waals surface area contributed by atoms with E-state index in [4.69, 9.17) is 4.74 Å². The normalized spacial score (nSPS) is 12.0. The summed E-state index contributed by atoms with van der Waals surface area (Å²) in [6.45, 7) is 5.19. The molecule has 0 aliphatic carbocycles. The van der Waals surface area contributed by atoms with Crippen molar-refractivity contribution in [2.75, 3.05) is 19.0 Å². The fraction of sp³-hybridized carbons (Fsp3) is 0.273. The van der Waals surface area contributed by atoms with E-state index < -0.39 is 5.25 Å². The second kappa shape index (κ2) is 9.71. The van der Waals surface area contributed by atoms with Gasteiger partial charge in [-0.05, 0) is 43.7 Å². The maximum Gasteiger partial charge on any atom is 0.242 e. The maximum atomic E-state index is 13.2. The van der Waals surface area contributed by atoms with Crippen LogP contribution in [0.2, 0.25) is 0 Å². The van der Waals surface area contributed by atoms with E-state index in [-0.39, 0.29) is 11.7 Å². The third-order valence-electron chi connectivity index (χ3n) is 4.62. The van der Waals surface area contributed by atoms with Crippen LogP contribution in [0.4, 0.5) is 10.1 Å². The Morgan fingerprint density at radius 3 is 2.52 bits per heavy atom. The van der Waals surface area contributed by atoms with Crippen LogP contribution in [0.25, 0.3) is 0 Å². The molecule has 29 heavy (non-hydrogen) atoms. The number of ether oxygens (including phenoxy) is 1. The SMILES string of the molecule is COCCn1c(SC(C(=O)Nc2ccc(F)cc2)c2ccccc2)nc(C)c1C. The zero-order valence-corrected chi connectivity index (χ0v) is 17.5. The third kappa shape index (κ3) is 5.25. The number of halogens is 1. The Morgan fingerprint density at radius 2 is 1.86 bits per heavy atom. The Hall–Kier alpha value is -2.64. The maximum absolute atomic E-state index is 13.2. The zero-order chi connectivity index (χ0) is 20.8. The highest BCUT2D eigenvalue weighted by molar-refractivity contribution is 8.00. The number of anilines is 1. The number of aromatic nitrogens is 2. The standard InChI is InChI=1S/C22H24FN3O2S/c1-15-16(2)26(13-14-28-3)22(24-15)29-20(17-7-5-4-6-8-17)21(27)25-19-11-9-18(23)10-12-19/h4-12,20H,13-14H2,1-3H3,(H,25,27). The minimum absolute atomic E-state index is 0.190. The average Bonchev–Trinajstić information content (AvgIpc) is 2.99. The minimum Gasteiger partial charge on any atom is -0.383 e. The number of hydrogen-bond acceptors (Lipinski definition) is 4. The number of nitrogens with zero attached hydrogens (tertiary/aromatic N) is 2. The average molecular weight is 414 g/mol. The molecule has 1 unspecified atom stereocenters. The molecule has 3 aromatic rings. The van der Waals surface area contributed by atoms with Crippen LogP contribution in [0.5, 0.6) is 0 Å². The number of carbonyl (C=O) groups excluding carboxylic acids is 1. The van der Waals surface area contributed by atoms with Crippen LogP contribution in [-0.4, -0.2) is 29.2 Å². The number of carbonyl (C=O) groups is 1. The summed E-state index contributed by atoms with van der Waals surface area (Å²) in [5.74, 6) is -0.535. The molecule has 0 fully saturated rings. The number of rotatable bonds is 8. The summed E-state index contributed by atoms with van der Waals surface area (Å²) < 4.78 is 20.5. The van der Waals surface area contributed by atoms with Crippen molar-refractivity contribution >= 4 is 23.4 Å². The number of thioether (sulfide) groups is 1. The molecule has 3 rings (SSSR count). The fourth-order valence-electron chi connectivity index (χ4n) is 2.91. The van der Waals surface area contributed by atoms with Crippen LogP contribution in [0.15, 0.2) is 59.8 Å². The van der Waals surface area contributed by atoms with Crippen molar-refractivity contribution in [1.82, 2.24) is 9.55 Å². The summed E-state index contributed by atoms with van der Waals surface area (Å²) in [7, 11) is 1.66. The fourth-order valence-corrected chi connectivity index (χ4v) is 4.12. The van der Waals surface area contributed by atoms with Crippen LogP contribution >= 0.6 is 11.8 Å². The summed E-state index contributed by atoms with van der Waals surface area (Å²) in [6.07, 6.45) is 0. The van der Waals surface area contributed by atoms with Gasteiger partial charge in [0.2, 0.25) is 5.91 Å². The first-order chi connectivity index (χ1) is 14.0. The second-order valence-corrected chi connectivity index (χ2v) is 7.69. The molecule has 0 aliphatic heterocycles. The van der Waals surface area contributed by atoms with Crippen molar-refractivity contribution in [3.8, 4) is 0 Å². The highest BCUT2D eigenvalue weighted by Gasteiger charge is 2.25. The molecule has 0 spiro atoms. The molecule has 2 aromatic carbocycles. The van der Waals surface area contributed by atoms with Gasteiger partial charge in [-0.15, -0.1) is 0 Å². The first kappa shape index (κ1) is 21.1. The predicted octanol–water partition coefficient (Wildman–Crippen LogP) is 4.76. The van der Waals surface area contributed by atoms with Gasteiger partial charge in [-0.1, -0.05) is 42.1 Å². The lowest BCUT2D eigenvalue weighted by Crippen LogP contribution is -2.20. The van der Waals surface area contributed by atoms with E-state index in [2.05, 4.69) is 14.9 Å². The molecule has 0 bridgehead atoms. The van der Waals surface area contributed by atoms with Crippen molar-refractivity contribution in [3.05, 3.63) is 77.4 Å². The van der Waals surface area contributed by atoms with E-state index in [1.54, 1.807) is 19.2 Å². The lowest BCUT2D eigenvalue weighted by atomic mass is 10.1. The van der Waals surface area contributed by atoms with Gasteiger partial charge in [-0.2, -0.15) is 0 Å². The Balaban J connectivity index is 1.90. The van der Waals surface area contributed by atoms with Crippen molar-refractivity contribution in [3.63, 3.8) is 0 Å². The van der Waals surface area contributed by atoms with Gasteiger partial charge in [0.15, 0.2) is 5.16 Å². The number of hydrogen-bond donors (Lipinski definition) is 1. The van der Waals surface area contributed by atoms with Crippen LogP contribution < -0.4 is 5.32 Å². The molecule has 1 atom stereocenters. The van der Waals surface area contributed by atoms with Crippen LogP contribution in [-0.2, 0) is 16.1 Å². The molecule has 1 aromatic heterocycles. The Morgan fingerprint density at radius 1 is 1.17 bits per heavy atom. The van der Waals surface area contributed by atoms with Crippen LogP contribution in [0, 0.1) is 19.7 Å². The van der Waals surface area contributed by atoms with E-state index in [1.165, 1.54) is 23.9 Å². The lowest BCUT2D eigenvalue weighted by molar-refractivity contribution is -0.115. The molecule has 0 saturated carbocycles. The molecular formula is C22H24FN3O2S. The molecule has 152 valence electrons. The Bertz CT molecular complexity index is 958. The van der Waals surface area contributed by atoms with Gasteiger partial charge in [-0.25, -0.2) is 9.37 Å². The van der Waals surface area contributed by atoms with Gasteiger partial charge in [0.05, 0.1) is 12.3 Å². The molecule has 0 radical (unpaired) electrons. The van der Waals surface area contributed by atoms with Crippen LogP contribution in [0.1, 0.15) is 22.2 Å². The first-order valence-electron chi connectivity index (χ1n) is 9.30. The summed E-state index contributed by atoms with van der Waals surface area (Å²) >= 11 is 1.39. The zero-order valence-electron chi connectivity index (χ0n) is 16.7. The summed E-state index contributed by atoms with van der Waals surface area (Å²) in [6, 6.07) is 15.3. The van der Waals surface area contributed by atoms with Crippen molar-refractivity contribution in [1.29, 1.82) is 0 Å². The monoisotopic (exact) mass is 413 g/mol. The largest absolute Gasteiger partial charge is 0.383 e. The molecule has 7 heteroatoms. The number of amides is 1. The molecule has 1 heterocycles. The van der Waals surface area contributed by atoms with Crippen molar-refractivity contribution in [2.45, 2.75) is 30.8 Å². The third-order valence-corrected chi connectivity index (χ3v) is 5.86. The lowest BCUT2D eigenvalue weighted by Gasteiger charge is -2.18. The minimum atomic E-state index is -0.510. The predicted molar refractivity (Wildman–Crippen MR) is 114 cm³/mol. The topological polar surface area (TPSA) is 56.1 Å². The summed E-state index contributed by atoms with van der Waals surface area (Å²) in [5, 5.41) is 3.14. The molecule has 5 nitrogen and oxygen atoms in total. The first-order valence-corrected chi connectivity index (χ1v) is 10.2. The number of aryl methyl sites for hydroxylation is 1. The van der Waals surface area contributed by atoms with Gasteiger partial charge in [0, 0.05) is 25.0 Å². The second-order valence-electron chi connectivity index (χ2n) is 6.61. The summed E-state index contributed by atoms with van der Waals surface area (Å²) in [5.41, 5.74) is 3.39. The number of methoxy groups -OCH3 is 1. The van der Waals surface area contributed by atoms with Crippen molar-refractivity contribution < 1.29 is 13.9 Å². The molecular weight excluding hydrogens is 389 g/mol. The molecule has 1 N–H and O–H groups in total. The number of nitrogens with one attached hydrogen (secondary N) is 1. The van der Waals surface area contributed by atoms with E-state index in [1.807, 2.05) is 44.2 Å². The van der Waals surface area contributed by atoms with Gasteiger partial charge < -0.3 is 14.6 Å². The smallest absolute Gasteiger partial charge is 0.242 e. The highest BCUT2D eigenvalue weighted by atomic mass is 32.2. The molecule has 0 saturated heterocycles. The van der Waals surface area contributed by atoms with Gasteiger partial charge in [-0.3, -0.25) is 4.79 Å². The van der Waals surface area contributed by atoms with E-state index in [0.29, 0.717) is 18.8 Å². The van der Waals surface area contributed by atoms with Crippen LogP contribution in [0.3, 0.4) is 0 Å². The highest BCUT2D eigenvalue weighted by Crippen LogP contribution is 2.36. The number of imidazole rings is 1. The number of benzene rings is 2. The van der Waals surface area contributed by atoms with E-state index in [0.717, 1.165) is 22.1 Å². The Kier molecular flexibility index (Phi) is 7.06. The molecule has 0 aliphatic rings. The van der Waals surface area contributed by atoms with Gasteiger partial charge >= 0.3 is 0 Å². The van der Waals surface area contributed by atoms with Gasteiger partial charge in [0.1, 0.15) is 11.1 Å². The van der Waals surface area contributed by atoms with E-state index >= 15 is 0 Å². The van der Waals surface area contributed by atoms with E-state index in [9.17, 15) is 9.18 Å². The summed E-state index contributed by atoms with van der Waals surface area (Å²) in [4.78, 5) is 17.8. The quantitative estimate of drug-likeness (QED) is 0.541. The van der Waals surface area contributed by atoms with Gasteiger partial charge in [0.25, 0.3) is 0 Å². The Labute approximate surface area is 174 Å².